The highest BCUT2D eigenvalue weighted by molar-refractivity contribution is 7.99. The van der Waals surface area contributed by atoms with E-state index in [0.29, 0.717) is 22.7 Å². The van der Waals surface area contributed by atoms with Crippen molar-refractivity contribution in [2.75, 3.05) is 5.75 Å². The Hall–Kier alpha value is -1.34. The molecule has 0 unspecified atom stereocenters. The minimum Gasteiger partial charge on any atom is -0.352 e. The van der Waals surface area contributed by atoms with Gasteiger partial charge in [0.05, 0.1) is 11.1 Å². The van der Waals surface area contributed by atoms with E-state index in [1.807, 2.05) is 0 Å². The maximum absolute atomic E-state index is 12.9. The molecule has 3 atom stereocenters. The fourth-order valence-corrected chi connectivity index (χ4v) is 6.65. The van der Waals surface area contributed by atoms with E-state index >= 15 is 0 Å². The molecule has 1 saturated carbocycles. The van der Waals surface area contributed by atoms with Crippen LogP contribution in [0.25, 0.3) is 10.2 Å². The second-order valence-corrected chi connectivity index (χ2v) is 10.4. The lowest BCUT2D eigenvalue weighted by molar-refractivity contribution is -0.120. The van der Waals surface area contributed by atoms with Crippen LogP contribution in [0.15, 0.2) is 9.95 Å². The zero-order chi connectivity index (χ0) is 19.8. The summed E-state index contributed by atoms with van der Waals surface area (Å²) in [6.07, 6.45) is 7.88. The number of carbonyl (C=O) groups is 1. The van der Waals surface area contributed by atoms with Crippen molar-refractivity contribution in [2.45, 2.75) is 70.0 Å². The SMILES string of the molecule is C[C@H]1[C@H](C)CCC[C@@H]1NC(=O)CSc1nc2sc3c(c2c(=O)n1C)CCCC3. The largest absolute Gasteiger partial charge is 0.352 e. The van der Waals surface area contributed by atoms with Crippen molar-refractivity contribution in [3.05, 3.63) is 20.8 Å². The van der Waals surface area contributed by atoms with Crippen LogP contribution in [0.4, 0.5) is 0 Å². The van der Waals surface area contributed by atoms with E-state index in [1.54, 1.807) is 23.0 Å². The number of fused-ring (bicyclic) bond motifs is 3. The van der Waals surface area contributed by atoms with Crippen molar-refractivity contribution < 1.29 is 4.79 Å². The molecule has 2 heterocycles. The number of thioether (sulfide) groups is 1. The van der Waals surface area contributed by atoms with E-state index in [0.717, 1.165) is 35.9 Å². The number of aromatic nitrogens is 2. The molecule has 0 aliphatic heterocycles. The van der Waals surface area contributed by atoms with Gasteiger partial charge in [-0.1, -0.05) is 38.5 Å². The molecule has 0 saturated heterocycles. The average molecular weight is 420 g/mol. The quantitative estimate of drug-likeness (QED) is 0.603. The number of nitrogens with zero attached hydrogens (tertiary/aromatic N) is 2. The van der Waals surface area contributed by atoms with Gasteiger partial charge in [-0.3, -0.25) is 14.2 Å². The summed E-state index contributed by atoms with van der Waals surface area (Å²) in [6, 6.07) is 0.264. The molecule has 0 bridgehead atoms. The highest BCUT2D eigenvalue weighted by Gasteiger charge is 2.28. The minimum absolute atomic E-state index is 0.0297. The Morgan fingerprint density at radius 1 is 1.25 bits per heavy atom. The molecule has 5 nitrogen and oxygen atoms in total. The van der Waals surface area contributed by atoms with E-state index < -0.39 is 0 Å². The Kier molecular flexibility index (Phi) is 5.83. The summed E-state index contributed by atoms with van der Waals surface area (Å²) in [4.78, 5) is 32.4. The molecule has 0 radical (unpaired) electrons. The second kappa shape index (κ2) is 8.19. The van der Waals surface area contributed by atoms with Gasteiger partial charge in [-0.25, -0.2) is 4.98 Å². The fourth-order valence-electron chi connectivity index (χ4n) is 4.56. The van der Waals surface area contributed by atoms with Crippen LogP contribution in [-0.2, 0) is 24.7 Å². The second-order valence-electron chi connectivity index (χ2n) is 8.38. The van der Waals surface area contributed by atoms with Crippen molar-refractivity contribution in [1.82, 2.24) is 14.9 Å². The van der Waals surface area contributed by atoms with Gasteiger partial charge in [0.15, 0.2) is 5.16 Å². The third kappa shape index (κ3) is 3.75. The number of amides is 1. The lowest BCUT2D eigenvalue weighted by Crippen LogP contribution is -2.44. The Bertz CT molecular complexity index is 949. The Morgan fingerprint density at radius 3 is 2.86 bits per heavy atom. The van der Waals surface area contributed by atoms with Crippen LogP contribution in [0.5, 0.6) is 0 Å². The molecule has 2 aromatic rings. The van der Waals surface area contributed by atoms with Crippen molar-refractivity contribution in [1.29, 1.82) is 0 Å². The lowest BCUT2D eigenvalue weighted by atomic mass is 9.78. The van der Waals surface area contributed by atoms with Gasteiger partial charge in [-0.15, -0.1) is 11.3 Å². The molecule has 0 spiro atoms. The van der Waals surface area contributed by atoms with Crippen molar-refractivity contribution in [2.24, 2.45) is 18.9 Å². The topological polar surface area (TPSA) is 64.0 Å². The first-order valence-corrected chi connectivity index (χ1v) is 12.2. The van der Waals surface area contributed by atoms with Gasteiger partial charge in [0.25, 0.3) is 5.56 Å². The zero-order valence-corrected chi connectivity index (χ0v) is 18.5. The third-order valence-corrected chi connectivity index (χ3v) is 8.76. The molecule has 2 aromatic heterocycles. The maximum Gasteiger partial charge on any atom is 0.262 e. The standard InChI is InChI=1S/C21H29N3O2S2/c1-12-7-6-9-15(13(12)2)22-17(25)11-27-21-23-19-18(20(26)24(21)3)14-8-4-5-10-16(14)28-19/h12-13,15H,4-11H2,1-3H3,(H,22,25)/t12-,13+,15+/m1/s1. The summed E-state index contributed by atoms with van der Waals surface area (Å²) < 4.78 is 1.62. The molecular weight excluding hydrogens is 390 g/mol. The lowest BCUT2D eigenvalue weighted by Gasteiger charge is -2.34. The highest BCUT2D eigenvalue weighted by Crippen LogP contribution is 2.34. The van der Waals surface area contributed by atoms with E-state index in [2.05, 4.69) is 19.2 Å². The van der Waals surface area contributed by atoms with Crippen molar-refractivity contribution >= 4 is 39.2 Å². The summed E-state index contributed by atoms with van der Waals surface area (Å²) in [5.74, 6) is 1.50. The first-order valence-electron chi connectivity index (χ1n) is 10.4. The highest BCUT2D eigenvalue weighted by atomic mass is 32.2. The maximum atomic E-state index is 12.9. The number of rotatable bonds is 4. The van der Waals surface area contributed by atoms with Crippen molar-refractivity contribution in [3.8, 4) is 0 Å². The zero-order valence-electron chi connectivity index (χ0n) is 16.9. The van der Waals surface area contributed by atoms with Crippen LogP contribution in [-0.4, -0.2) is 27.3 Å². The molecule has 1 fully saturated rings. The minimum atomic E-state index is 0.0297. The van der Waals surface area contributed by atoms with Gasteiger partial charge < -0.3 is 5.32 Å². The summed E-state index contributed by atoms with van der Waals surface area (Å²) >= 11 is 3.03. The van der Waals surface area contributed by atoms with Gasteiger partial charge in [-0.05, 0) is 49.5 Å². The van der Waals surface area contributed by atoms with Crippen LogP contribution in [0, 0.1) is 11.8 Å². The van der Waals surface area contributed by atoms with E-state index in [4.69, 9.17) is 4.98 Å². The van der Waals surface area contributed by atoms with Gasteiger partial charge in [0.1, 0.15) is 4.83 Å². The van der Waals surface area contributed by atoms with E-state index in [-0.39, 0.29) is 17.5 Å². The normalized spacial score (nSPS) is 24.9. The van der Waals surface area contributed by atoms with Gasteiger partial charge in [0, 0.05) is 18.0 Å². The smallest absolute Gasteiger partial charge is 0.262 e. The summed E-state index contributed by atoms with van der Waals surface area (Å²) in [6.45, 7) is 4.51. The molecule has 2 aliphatic carbocycles. The van der Waals surface area contributed by atoms with Gasteiger partial charge in [0.2, 0.25) is 5.91 Å². The molecule has 4 rings (SSSR count). The predicted octanol–water partition coefficient (Wildman–Crippen LogP) is 3.91. The fraction of sp³-hybridized carbons (Fsp3) is 0.667. The first-order chi connectivity index (χ1) is 13.5. The number of hydrogen-bond donors (Lipinski definition) is 1. The van der Waals surface area contributed by atoms with Crippen molar-refractivity contribution in [3.63, 3.8) is 0 Å². The van der Waals surface area contributed by atoms with Crippen LogP contribution < -0.4 is 10.9 Å². The Balaban J connectivity index is 1.48. The first kappa shape index (κ1) is 20.0. The molecule has 0 aromatic carbocycles. The number of thiophene rings is 1. The molecule has 7 heteroatoms. The number of nitrogens with one attached hydrogen (secondary N) is 1. The average Bonchev–Trinajstić information content (AvgIpc) is 3.05. The molecule has 1 N–H and O–H groups in total. The molecule has 2 aliphatic rings. The monoisotopic (exact) mass is 419 g/mol. The van der Waals surface area contributed by atoms with Crippen LogP contribution in [0.2, 0.25) is 0 Å². The third-order valence-electron chi connectivity index (χ3n) is 6.54. The number of carbonyl (C=O) groups excluding carboxylic acids is 1. The number of hydrogen-bond acceptors (Lipinski definition) is 5. The van der Waals surface area contributed by atoms with Gasteiger partial charge >= 0.3 is 0 Å². The molecular formula is C21H29N3O2S2. The van der Waals surface area contributed by atoms with E-state index in [9.17, 15) is 9.59 Å². The van der Waals surface area contributed by atoms with Crippen LogP contribution in [0.1, 0.15) is 56.4 Å². The van der Waals surface area contributed by atoms with Crippen LogP contribution >= 0.6 is 23.1 Å². The van der Waals surface area contributed by atoms with Gasteiger partial charge in [-0.2, -0.15) is 0 Å². The summed E-state index contributed by atoms with van der Waals surface area (Å²) in [7, 11) is 1.77. The molecule has 1 amide bonds. The summed E-state index contributed by atoms with van der Waals surface area (Å²) in [5, 5.41) is 4.65. The summed E-state index contributed by atoms with van der Waals surface area (Å²) in [5.41, 5.74) is 1.25. The predicted molar refractivity (Wildman–Crippen MR) is 116 cm³/mol. The van der Waals surface area contributed by atoms with E-state index in [1.165, 1.54) is 41.5 Å². The molecule has 152 valence electrons. The number of aryl methyl sites for hydroxylation is 2. The molecule has 28 heavy (non-hydrogen) atoms. The Morgan fingerprint density at radius 2 is 2.04 bits per heavy atom. The Labute approximate surface area is 174 Å². The van der Waals surface area contributed by atoms with Crippen LogP contribution in [0.3, 0.4) is 0 Å².